The Labute approximate surface area is 182 Å². The summed E-state index contributed by atoms with van der Waals surface area (Å²) in [5, 5.41) is 8.78. The normalized spacial score (nSPS) is 10.9. The Morgan fingerprint density at radius 2 is 1.26 bits per heavy atom. The molecule has 0 spiro atoms. The fourth-order valence-corrected chi connectivity index (χ4v) is 4.61. The summed E-state index contributed by atoms with van der Waals surface area (Å²) in [6.07, 6.45) is -2.94. The van der Waals surface area contributed by atoms with E-state index in [1.165, 1.54) is 14.7 Å². The van der Waals surface area contributed by atoms with Crippen LogP contribution in [0.2, 0.25) is 0 Å². The van der Waals surface area contributed by atoms with Gasteiger partial charge in [-0.05, 0) is 55.0 Å². The standard InChI is InChI=1S/C22H23OS.C2HF3O2/c1-2-3-18-23-19-14-16-22(17-15-19)24(20-10-6-4-7-11-20)21-12-8-5-9-13-21;3-2(4,5)1(6)7/h4-17H,2-3,18H2,1H3;(H,6,7)/q+1;/p-1. The first kappa shape index (κ1) is 24.3. The summed E-state index contributed by atoms with van der Waals surface area (Å²) in [5.41, 5.74) is 0. The smallest absolute Gasteiger partial charge is 0.430 e. The lowest BCUT2D eigenvalue weighted by molar-refractivity contribution is -0.344. The third kappa shape index (κ3) is 8.02. The highest BCUT2D eigenvalue weighted by atomic mass is 32.2. The molecule has 0 amide bonds. The molecule has 164 valence electrons. The van der Waals surface area contributed by atoms with Crippen molar-refractivity contribution in [3.05, 3.63) is 84.9 Å². The quantitative estimate of drug-likeness (QED) is 0.366. The molecule has 31 heavy (non-hydrogen) atoms. The van der Waals surface area contributed by atoms with Gasteiger partial charge >= 0.3 is 6.18 Å². The average Bonchev–Trinajstić information content (AvgIpc) is 2.76. The predicted molar refractivity (Wildman–Crippen MR) is 113 cm³/mol. The van der Waals surface area contributed by atoms with E-state index < -0.39 is 12.1 Å². The molecule has 0 saturated heterocycles. The van der Waals surface area contributed by atoms with Gasteiger partial charge in [0, 0.05) is 0 Å². The van der Waals surface area contributed by atoms with E-state index >= 15 is 0 Å². The minimum Gasteiger partial charge on any atom is -0.542 e. The van der Waals surface area contributed by atoms with Crippen LogP contribution in [0.1, 0.15) is 19.8 Å². The van der Waals surface area contributed by atoms with Crippen LogP contribution in [0, 0.1) is 0 Å². The van der Waals surface area contributed by atoms with E-state index in [1.54, 1.807) is 0 Å². The number of carboxylic acid groups (broad SMARTS) is 1. The number of carbonyl (C=O) groups is 1. The maximum absolute atomic E-state index is 10.5. The summed E-state index contributed by atoms with van der Waals surface area (Å²) >= 11 is 0. The molecule has 0 unspecified atom stereocenters. The molecule has 0 bridgehead atoms. The largest absolute Gasteiger partial charge is 0.542 e. The van der Waals surface area contributed by atoms with Crippen LogP contribution in [0.5, 0.6) is 5.75 Å². The zero-order chi connectivity index (χ0) is 22.7. The van der Waals surface area contributed by atoms with Crippen LogP contribution in [-0.2, 0) is 15.7 Å². The molecule has 0 aliphatic carbocycles. The number of rotatable bonds is 7. The molecule has 0 saturated carbocycles. The van der Waals surface area contributed by atoms with Gasteiger partial charge in [-0.15, -0.1) is 0 Å². The summed E-state index contributed by atoms with van der Waals surface area (Å²) in [6, 6.07) is 30.0. The van der Waals surface area contributed by atoms with Crippen LogP contribution in [0.15, 0.2) is 99.6 Å². The molecular weight excluding hydrogens is 425 g/mol. The first-order chi connectivity index (χ1) is 14.8. The van der Waals surface area contributed by atoms with Crippen LogP contribution < -0.4 is 9.84 Å². The maximum atomic E-state index is 10.5. The van der Waals surface area contributed by atoms with Gasteiger partial charge in [0.25, 0.3) is 0 Å². The molecule has 0 N–H and O–H groups in total. The van der Waals surface area contributed by atoms with Gasteiger partial charge in [0.2, 0.25) is 0 Å². The van der Waals surface area contributed by atoms with Gasteiger partial charge < -0.3 is 14.6 Å². The Bertz CT molecular complexity index is 875. The molecule has 0 radical (unpaired) electrons. The van der Waals surface area contributed by atoms with Crippen LogP contribution in [0.4, 0.5) is 13.2 Å². The van der Waals surface area contributed by atoms with Crippen LogP contribution in [-0.4, -0.2) is 18.8 Å². The Hall–Kier alpha value is -2.93. The number of aliphatic carboxylic acids is 1. The number of unbranched alkanes of at least 4 members (excludes halogenated alkanes) is 1. The van der Waals surface area contributed by atoms with Gasteiger partial charge in [0.1, 0.15) is 11.7 Å². The predicted octanol–water partition coefficient (Wildman–Crippen LogP) is 5.26. The van der Waals surface area contributed by atoms with Crippen molar-refractivity contribution in [2.75, 3.05) is 6.61 Å². The van der Waals surface area contributed by atoms with Crippen molar-refractivity contribution in [1.82, 2.24) is 0 Å². The van der Waals surface area contributed by atoms with Gasteiger partial charge in [0.15, 0.2) is 14.7 Å². The molecule has 0 atom stereocenters. The van der Waals surface area contributed by atoms with Crippen molar-refractivity contribution in [3.8, 4) is 5.75 Å². The zero-order valence-corrected chi connectivity index (χ0v) is 17.8. The highest BCUT2D eigenvalue weighted by molar-refractivity contribution is 7.97. The monoisotopic (exact) mass is 448 g/mol. The topological polar surface area (TPSA) is 49.4 Å². The molecule has 3 rings (SSSR count). The number of hydrogen-bond donors (Lipinski definition) is 0. The highest BCUT2D eigenvalue weighted by Crippen LogP contribution is 2.31. The van der Waals surface area contributed by atoms with E-state index in [2.05, 4.69) is 91.9 Å². The number of carbonyl (C=O) groups excluding carboxylic acids is 1. The van der Waals surface area contributed by atoms with Crippen LogP contribution >= 0.6 is 0 Å². The van der Waals surface area contributed by atoms with E-state index in [0.717, 1.165) is 25.2 Å². The number of ether oxygens (including phenoxy) is 1. The van der Waals surface area contributed by atoms with Gasteiger partial charge in [-0.25, -0.2) is 0 Å². The number of carboxylic acids is 1. The minimum absolute atomic E-state index is 0.0858. The number of halogens is 3. The van der Waals surface area contributed by atoms with E-state index in [0.29, 0.717) is 0 Å². The molecule has 0 heterocycles. The Balaban J connectivity index is 0.000000423. The van der Waals surface area contributed by atoms with Crippen LogP contribution in [0.25, 0.3) is 0 Å². The number of hydrogen-bond acceptors (Lipinski definition) is 3. The van der Waals surface area contributed by atoms with Crippen molar-refractivity contribution >= 4 is 16.9 Å². The van der Waals surface area contributed by atoms with E-state index in [9.17, 15) is 13.2 Å². The molecule has 0 aromatic heterocycles. The number of alkyl halides is 3. The Morgan fingerprint density at radius 1 is 0.839 bits per heavy atom. The van der Waals surface area contributed by atoms with Gasteiger partial charge in [-0.1, -0.05) is 49.7 Å². The van der Waals surface area contributed by atoms with E-state index in [4.69, 9.17) is 14.6 Å². The van der Waals surface area contributed by atoms with Gasteiger partial charge in [0.05, 0.1) is 17.5 Å². The molecule has 7 heteroatoms. The lowest BCUT2D eigenvalue weighted by Crippen LogP contribution is -2.37. The second-order valence-electron chi connectivity index (χ2n) is 6.39. The molecule has 3 nitrogen and oxygen atoms in total. The molecule has 3 aromatic rings. The van der Waals surface area contributed by atoms with Crippen molar-refractivity contribution < 1.29 is 27.8 Å². The SMILES string of the molecule is CCCCOc1ccc([S+](c2ccccc2)c2ccccc2)cc1.O=C([O-])C(F)(F)F. The highest BCUT2D eigenvalue weighted by Gasteiger charge is 2.29. The summed E-state index contributed by atoms with van der Waals surface area (Å²) in [6.45, 7) is 2.97. The van der Waals surface area contributed by atoms with E-state index in [-0.39, 0.29) is 10.9 Å². The molecule has 3 aromatic carbocycles. The van der Waals surface area contributed by atoms with E-state index in [1.807, 2.05) is 0 Å². The lowest BCUT2D eigenvalue weighted by atomic mass is 10.3. The van der Waals surface area contributed by atoms with Crippen molar-refractivity contribution in [3.63, 3.8) is 0 Å². The average molecular weight is 449 g/mol. The third-order valence-corrected chi connectivity index (χ3v) is 6.25. The second-order valence-corrected chi connectivity index (χ2v) is 8.42. The molecule has 0 aliphatic rings. The Morgan fingerprint density at radius 3 is 1.65 bits per heavy atom. The summed E-state index contributed by atoms with van der Waals surface area (Å²) in [7, 11) is -0.0858. The van der Waals surface area contributed by atoms with Gasteiger partial charge in [-0.2, -0.15) is 13.2 Å². The van der Waals surface area contributed by atoms with Crippen molar-refractivity contribution in [2.45, 2.75) is 40.6 Å². The fourth-order valence-electron chi connectivity index (χ4n) is 2.53. The fraction of sp³-hybridized carbons (Fsp3) is 0.208. The van der Waals surface area contributed by atoms with Crippen molar-refractivity contribution in [1.29, 1.82) is 0 Å². The van der Waals surface area contributed by atoms with Crippen LogP contribution in [0.3, 0.4) is 0 Å². The summed E-state index contributed by atoms with van der Waals surface area (Å²) < 4.78 is 37.3. The van der Waals surface area contributed by atoms with Crippen molar-refractivity contribution in [2.24, 2.45) is 0 Å². The molecule has 0 fully saturated rings. The third-order valence-electron chi connectivity index (χ3n) is 4.02. The summed E-state index contributed by atoms with van der Waals surface area (Å²) in [5.74, 6) is -2.05. The molecular formula is C24H23F3O3S. The Kier molecular flexibility index (Phi) is 9.46. The first-order valence-corrected chi connectivity index (χ1v) is 10.9. The summed E-state index contributed by atoms with van der Waals surface area (Å²) in [4.78, 5) is 12.8. The first-order valence-electron chi connectivity index (χ1n) is 9.68. The number of benzene rings is 3. The lowest BCUT2D eigenvalue weighted by Gasteiger charge is -2.09. The van der Waals surface area contributed by atoms with Gasteiger partial charge in [-0.3, -0.25) is 0 Å². The maximum Gasteiger partial charge on any atom is 0.430 e. The minimum atomic E-state index is -5.19. The second kappa shape index (κ2) is 12.1. The zero-order valence-electron chi connectivity index (χ0n) is 17.0. The molecule has 0 aliphatic heterocycles.